The van der Waals surface area contributed by atoms with Gasteiger partial charge in [0.1, 0.15) is 0 Å². The Bertz CT molecular complexity index is 1130. The molecule has 3 atom stereocenters. The number of rotatable bonds is 6. The van der Waals surface area contributed by atoms with Crippen LogP contribution >= 0.6 is 0 Å². The number of aliphatic hydroxyl groups excluding tert-OH is 1. The molecular weight excluding hydrogens is 434 g/mol. The molecule has 178 valence electrons. The minimum absolute atomic E-state index is 0.00122. The van der Waals surface area contributed by atoms with E-state index in [0.717, 1.165) is 19.5 Å². The zero-order chi connectivity index (χ0) is 24.0. The Balaban J connectivity index is 1.41. The Labute approximate surface area is 205 Å². The van der Waals surface area contributed by atoms with Gasteiger partial charge in [-0.2, -0.15) is 0 Å². The summed E-state index contributed by atoms with van der Waals surface area (Å²) in [4.78, 5) is 2.45. The second-order valence-corrected chi connectivity index (χ2v) is 15.2. The Morgan fingerprint density at radius 2 is 1.50 bits per heavy atom. The summed E-state index contributed by atoms with van der Waals surface area (Å²) in [6.07, 6.45) is 0.397. The van der Waals surface area contributed by atoms with Crippen molar-refractivity contribution in [2.45, 2.75) is 57.3 Å². The Morgan fingerprint density at radius 1 is 0.882 bits per heavy atom. The first-order valence-corrected chi connectivity index (χ1v) is 14.4. The molecule has 3 aromatic carbocycles. The molecular formula is C30H37NO2Si. The highest BCUT2D eigenvalue weighted by Crippen LogP contribution is 2.43. The SMILES string of the molecule is CC1(C)C(O)CC(CO[Si]2(c3ccccc3)c3ccccc3C2(C)C)CN1Cc1ccccc1. The summed E-state index contributed by atoms with van der Waals surface area (Å²) in [7, 11) is -2.41. The van der Waals surface area contributed by atoms with Crippen LogP contribution in [0.5, 0.6) is 0 Å². The Kier molecular flexibility index (Phi) is 6.05. The first-order chi connectivity index (χ1) is 16.3. The molecule has 2 aliphatic heterocycles. The van der Waals surface area contributed by atoms with Crippen LogP contribution in [-0.2, 0) is 16.0 Å². The van der Waals surface area contributed by atoms with Crippen LogP contribution in [0.2, 0.25) is 0 Å². The van der Waals surface area contributed by atoms with Gasteiger partial charge in [0.2, 0.25) is 0 Å². The molecule has 3 nitrogen and oxygen atoms in total. The third-order valence-electron chi connectivity index (χ3n) is 8.46. The highest BCUT2D eigenvalue weighted by molar-refractivity contribution is 7.03. The fraction of sp³-hybridized carbons (Fsp3) is 0.400. The number of aliphatic hydroxyl groups is 1. The molecule has 1 fully saturated rings. The zero-order valence-corrected chi connectivity index (χ0v) is 21.9. The van der Waals surface area contributed by atoms with Gasteiger partial charge in [-0.25, -0.2) is 0 Å². The molecule has 0 bridgehead atoms. The second kappa shape index (κ2) is 8.76. The second-order valence-electron chi connectivity index (χ2n) is 11.2. The third-order valence-corrected chi connectivity index (χ3v) is 13.4. The van der Waals surface area contributed by atoms with E-state index in [1.807, 2.05) is 0 Å². The normalized spacial score (nSPS) is 27.6. The average molecular weight is 472 g/mol. The van der Waals surface area contributed by atoms with Crippen LogP contribution in [0.1, 0.15) is 45.2 Å². The zero-order valence-electron chi connectivity index (χ0n) is 20.9. The van der Waals surface area contributed by atoms with Crippen molar-refractivity contribution in [3.8, 4) is 0 Å². The van der Waals surface area contributed by atoms with E-state index in [0.29, 0.717) is 12.5 Å². The summed E-state index contributed by atoms with van der Waals surface area (Å²) in [6.45, 7) is 11.5. The molecule has 5 rings (SSSR count). The standard InChI is InChI=1S/C30H37NO2Si/c1-29(2)28(32)19-24(21-31(29)20-23-13-7-5-8-14-23)22-33-34(25-15-9-6-10-16-25)27-18-12-11-17-26(27)30(34,3)4/h5-18,24,28,32H,19-22H2,1-4H3. The largest absolute Gasteiger partial charge is 0.407 e. The van der Waals surface area contributed by atoms with Crippen molar-refractivity contribution in [1.29, 1.82) is 0 Å². The van der Waals surface area contributed by atoms with Crippen molar-refractivity contribution < 1.29 is 9.53 Å². The van der Waals surface area contributed by atoms with E-state index in [9.17, 15) is 5.11 Å². The van der Waals surface area contributed by atoms with Gasteiger partial charge in [0.15, 0.2) is 0 Å². The van der Waals surface area contributed by atoms with Gasteiger partial charge in [-0.3, -0.25) is 4.90 Å². The van der Waals surface area contributed by atoms with Crippen molar-refractivity contribution in [2.24, 2.45) is 5.92 Å². The van der Waals surface area contributed by atoms with E-state index < -0.39 is 8.32 Å². The molecule has 0 spiro atoms. The molecule has 0 amide bonds. The lowest BCUT2D eigenvalue weighted by atomic mass is 9.82. The summed E-state index contributed by atoms with van der Waals surface area (Å²) >= 11 is 0. The molecule has 0 aromatic heterocycles. The fourth-order valence-electron chi connectivity index (χ4n) is 6.20. The molecule has 1 saturated heterocycles. The van der Waals surface area contributed by atoms with Gasteiger partial charge in [-0.15, -0.1) is 0 Å². The van der Waals surface area contributed by atoms with E-state index in [2.05, 4.69) is 118 Å². The summed E-state index contributed by atoms with van der Waals surface area (Å²) < 4.78 is 7.15. The Hall–Kier alpha value is -2.24. The van der Waals surface area contributed by atoms with Crippen LogP contribution in [0.25, 0.3) is 0 Å². The first-order valence-electron chi connectivity index (χ1n) is 12.5. The van der Waals surface area contributed by atoms with Gasteiger partial charge < -0.3 is 9.53 Å². The maximum absolute atomic E-state index is 11.1. The van der Waals surface area contributed by atoms with Gasteiger partial charge in [0.05, 0.1) is 6.10 Å². The summed E-state index contributed by atoms with van der Waals surface area (Å²) in [6, 6.07) is 30.3. The fourth-order valence-corrected chi connectivity index (χ4v) is 11.3. The molecule has 1 N–H and O–H groups in total. The molecule has 34 heavy (non-hydrogen) atoms. The van der Waals surface area contributed by atoms with Crippen molar-refractivity contribution in [3.63, 3.8) is 0 Å². The van der Waals surface area contributed by atoms with E-state index in [4.69, 9.17) is 4.43 Å². The minimum atomic E-state index is -2.41. The lowest BCUT2D eigenvalue weighted by molar-refractivity contribution is -0.0770. The monoisotopic (exact) mass is 471 g/mol. The van der Waals surface area contributed by atoms with Crippen molar-refractivity contribution >= 4 is 18.7 Å². The molecule has 3 aromatic rings. The number of hydrogen-bond acceptors (Lipinski definition) is 3. The van der Waals surface area contributed by atoms with Crippen LogP contribution < -0.4 is 10.4 Å². The van der Waals surface area contributed by atoms with Crippen molar-refractivity contribution in [2.75, 3.05) is 13.2 Å². The van der Waals surface area contributed by atoms with Crippen LogP contribution in [0.3, 0.4) is 0 Å². The predicted octanol–water partition coefficient (Wildman–Crippen LogP) is 4.25. The van der Waals surface area contributed by atoms with E-state index in [1.165, 1.54) is 21.5 Å². The van der Waals surface area contributed by atoms with E-state index in [1.54, 1.807) is 0 Å². The maximum atomic E-state index is 11.1. The van der Waals surface area contributed by atoms with Crippen LogP contribution in [0.15, 0.2) is 84.9 Å². The molecule has 2 heterocycles. The smallest absolute Gasteiger partial charge is 0.265 e. The number of likely N-dealkylation sites (tertiary alicyclic amines) is 1. The topological polar surface area (TPSA) is 32.7 Å². The van der Waals surface area contributed by atoms with E-state index >= 15 is 0 Å². The van der Waals surface area contributed by atoms with Gasteiger partial charge in [-0.05, 0) is 47.7 Å². The molecule has 3 unspecified atom stereocenters. The first kappa shape index (κ1) is 23.5. The van der Waals surface area contributed by atoms with Gasteiger partial charge >= 0.3 is 0 Å². The summed E-state index contributed by atoms with van der Waals surface area (Å²) in [5.74, 6) is 0.295. The third kappa shape index (κ3) is 3.68. The quantitative estimate of drug-likeness (QED) is 0.546. The molecule has 0 saturated carbocycles. The highest BCUT2D eigenvalue weighted by atomic mass is 28.4. The number of benzene rings is 3. The number of fused-ring (bicyclic) bond motifs is 1. The maximum Gasteiger partial charge on any atom is 0.265 e. The van der Waals surface area contributed by atoms with Gasteiger partial charge in [0.25, 0.3) is 8.32 Å². The average Bonchev–Trinajstić information content (AvgIpc) is 2.84. The van der Waals surface area contributed by atoms with Crippen molar-refractivity contribution in [1.82, 2.24) is 4.90 Å². The molecule has 4 heteroatoms. The summed E-state index contributed by atoms with van der Waals surface area (Å²) in [5.41, 5.74) is 2.44. The van der Waals surface area contributed by atoms with Crippen LogP contribution in [0, 0.1) is 5.92 Å². The lowest BCUT2D eigenvalue weighted by Gasteiger charge is -2.56. The van der Waals surface area contributed by atoms with Crippen LogP contribution in [-0.4, -0.2) is 43.1 Å². The number of nitrogens with zero attached hydrogens (tertiary/aromatic N) is 1. The van der Waals surface area contributed by atoms with Gasteiger partial charge in [-0.1, -0.05) is 98.8 Å². The van der Waals surface area contributed by atoms with Crippen LogP contribution in [0.4, 0.5) is 0 Å². The number of hydrogen-bond donors (Lipinski definition) is 1. The van der Waals surface area contributed by atoms with Crippen molar-refractivity contribution in [3.05, 3.63) is 96.1 Å². The Morgan fingerprint density at radius 3 is 2.21 bits per heavy atom. The minimum Gasteiger partial charge on any atom is -0.407 e. The predicted molar refractivity (Wildman–Crippen MR) is 142 cm³/mol. The molecule has 0 radical (unpaired) electrons. The van der Waals surface area contributed by atoms with E-state index in [-0.39, 0.29) is 16.7 Å². The lowest BCUT2D eigenvalue weighted by Crippen LogP contribution is -2.81. The molecule has 2 aliphatic rings. The van der Waals surface area contributed by atoms with Gasteiger partial charge in [0, 0.05) is 30.3 Å². The molecule has 0 aliphatic carbocycles. The summed E-state index contributed by atoms with van der Waals surface area (Å²) in [5, 5.41) is 13.9. The highest BCUT2D eigenvalue weighted by Gasteiger charge is 2.63. The number of piperidine rings is 1.